The fourth-order valence-electron chi connectivity index (χ4n) is 3.08. The van der Waals surface area contributed by atoms with Gasteiger partial charge in [-0.3, -0.25) is 0 Å². The molecule has 0 aliphatic heterocycles. The Morgan fingerprint density at radius 2 is 1.73 bits per heavy atom. The van der Waals surface area contributed by atoms with Crippen molar-refractivity contribution >= 4 is 29.9 Å². The van der Waals surface area contributed by atoms with Crippen LogP contribution in [0, 0.1) is 18.6 Å². The van der Waals surface area contributed by atoms with Crippen LogP contribution >= 0.6 is 24.0 Å². The predicted molar refractivity (Wildman–Crippen MR) is 135 cm³/mol. The number of rotatable bonds is 9. The van der Waals surface area contributed by atoms with Crippen molar-refractivity contribution in [2.45, 2.75) is 26.3 Å². The number of hydrogen-bond acceptors (Lipinski definition) is 4. The van der Waals surface area contributed by atoms with Gasteiger partial charge in [0.05, 0.1) is 7.11 Å². The van der Waals surface area contributed by atoms with E-state index in [9.17, 15) is 8.78 Å². The van der Waals surface area contributed by atoms with Crippen molar-refractivity contribution in [1.29, 1.82) is 0 Å². The van der Waals surface area contributed by atoms with Crippen molar-refractivity contribution in [3.05, 3.63) is 76.9 Å². The zero-order chi connectivity index (χ0) is 22.9. The lowest BCUT2D eigenvalue weighted by molar-refractivity contribution is 0.414. The van der Waals surface area contributed by atoms with E-state index in [2.05, 4.69) is 25.8 Å². The minimum Gasteiger partial charge on any atom is -0.497 e. The van der Waals surface area contributed by atoms with Crippen LogP contribution in [-0.2, 0) is 26.4 Å². The first-order valence-electron chi connectivity index (χ1n) is 10.4. The monoisotopic (exact) mass is 570 g/mol. The lowest BCUT2D eigenvalue weighted by atomic mass is 10.1. The van der Waals surface area contributed by atoms with E-state index in [1.165, 1.54) is 6.07 Å². The van der Waals surface area contributed by atoms with Gasteiger partial charge in [-0.2, -0.15) is 0 Å². The number of hydrogen-bond donors (Lipinski definition) is 2. The molecule has 7 nitrogen and oxygen atoms in total. The van der Waals surface area contributed by atoms with E-state index in [-0.39, 0.29) is 24.0 Å². The molecule has 0 saturated heterocycles. The predicted octanol–water partition coefficient (Wildman–Crippen LogP) is 3.55. The summed E-state index contributed by atoms with van der Waals surface area (Å²) in [5, 5.41) is 14.6. The molecule has 0 saturated carbocycles. The zero-order valence-corrected chi connectivity index (χ0v) is 21.3. The first-order chi connectivity index (χ1) is 15.5. The molecule has 0 bridgehead atoms. The van der Waals surface area contributed by atoms with Crippen molar-refractivity contribution in [3.63, 3.8) is 0 Å². The third-order valence-corrected chi connectivity index (χ3v) is 5.12. The molecule has 1 heterocycles. The van der Waals surface area contributed by atoms with Gasteiger partial charge in [-0.25, -0.2) is 13.8 Å². The van der Waals surface area contributed by atoms with Gasteiger partial charge in [0.15, 0.2) is 11.8 Å². The number of guanidine groups is 1. The fourth-order valence-corrected chi connectivity index (χ4v) is 3.08. The Balaban J connectivity index is 0.00000385. The molecule has 0 unspecified atom stereocenters. The summed E-state index contributed by atoms with van der Waals surface area (Å²) < 4.78 is 34.4. The third kappa shape index (κ3) is 7.95. The van der Waals surface area contributed by atoms with Gasteiger partial charge in [-0.05, 0) is 61.2 Å². The van der Waals surface area contributed by atoms with E-state index in [0.717, 1.165) is 41.5 Å². The Labute approximate surface area is 209 Å². The van der Waals surface area contributed by atoms with Crippen LogP contribution < -0.4 is 15.4 Å². The average molecular weight is 570 g/mol. The van der Waals surface area contributed by atoms with E-state index in [1.54, 1.807) is 7.11 Å². The first-order valence-corrected chi connectivity index (χ1v) is 10.4. The number of nitrogens with zero attached hydrogens (tertiary/aromatic N) is 4. The Hall–Kier alpha value is -2.76. The van der Waals surface area contributed by atoms with Gasteiger partial charge in [0, 0.05) is 20.1 Å². The molecule has 0 fully saturated rings. The number of ether oxygens (including phenoxy) is 1. The summed E-state index contributed by atoms with van der Waals surface area (Å²) in [5.41, 5.74) is 1.47. The molecule has 33 heavy (non-hydrogen) atoms. The van der Waals surface area contributed by atoms with E-state index in [4.69, 9.17) is 4.74 Å². The van der Waals surface area contributed by atoms with Gasteiger partial charge in [0.2, 0.25) is 0 Å². The van der Waals surface area contributed by atoms with Crippen molar-refractivity contribution in [1.82, 2.24) is 25.4 Å². The van der Waals surface area contributed by atoms with E-state index < -0.39 is 11.6 Å². The molecular formula is C23H29F2IN6O. The summed E-state index contributed by atoms with van der Waals surface area (Å²) in [6.45, 7) is 3.25. The lowest BCUT2D eigenvalue weighted by Crippen LogP contribution is -2.39. The van der Waals surface area contributed by atoms with Crippen LogP contribution in [0.2, 0.25) is 0 Å². The zero-order valence-electron chi connectivity index (χ0n) is 18.9. The molecule has 0 amide bonds. The van der Waals surface area contributed by atoms with Crippen LogP contribution in [0.1, 0.15) is 22.8 Å². The third-order valence-electron chi connectivity index (χ3n) is 5.12. The summed E-state index contributed by atoms with van der Waals surface area (Å²) >= 11 is 0. The quantitative estimate of drug-likeness (QED) is 0.234. The van der Waals surface area contributed by atoms with Gasteiger partial charge in [-0.1, -0.05) is 12.1 Å². The smallest absolute Gasteiger partial charge is 0.191 e. The first kappa shape index (κ1) is 26.5. The molecule has 0 aliphatic carbocycles. The highest BCUT2D eigenvalue weighted by atomic mass is 127. The second-order valence-corrected chi connectivity index (χ2v) is 7.32. The Kier molecular flexibility index (Phi) is 10.5. The number of aliphatic imine (C=N–C) groups is 1. The summed E-state index contributed by atoms with van der Waals surface area (Å²) in [5.74, 6) is 2.04. The standard InChI is InChI=1S/C23H28F2N6O.HI/c1-16-29-30-22(31(16)2)15-28-23(26-12-10-17-4-7-20(32-3)8-5-17)27-13-11-18-14-19(24)6-9-21(18)25;/h4-9,14H,10-13,15H2,1-3H3,(H2,26,27,28);1H. The van der Waals surface area contributed by atoms with Crippen LogP contribution in [0.3, 0.4) is 0 Å². The highest BCUT2D eigenvalue weighted by Crippen LogP contribution is 2.12. The molecule has 3 aromatic rings. The van der Waals surface area contributed by atoms with Gasteiger partial charge in [0.25, 0.3) is 0 Å². The van der Waals surface area contributed by atoms with Crippen molar-refractivity contribution in [2.75, 3.05) is 20.2 Å². The maximum absolute atomic E-state index is 13.9. The molecule has 10 heteroatoms. The number of methoxy groups -OCH3 is 1. The second kappa shape index (κ2) is 13.1. The highest BCUT2D eigenvalue weighted by Gasteiger charge is 2.07. The molecule has 2 aromatic carbocycles. The summed E-state index contributed by atoms with van der Waals surface area (Å²) in [7, 11) is 3.52. The molecule has 0 radical (unpaired) electrons. The average Bonchev–Trinajstić information content (AvgIpc) is 3.12. The number of benzene rings is 2. The minimum absolute atomic E-state index is 0. The normalized spacial score (nSPS) is 11.1. The number of aryl methyl sites for hydroxylation is 1. The Morgan fingerprint density at radius 1 is 1.03 bits per heavy atom. The van der Waals surface area contributed by atoms with Crippen LogP contribution in [0.4, 0.5) is 8.78 Å². The minimum atomic E-state index is -0.453. The Morgan fingerprint density at radius 3 is 2.36 bits per heavy atom. The second-order valence-electron chi connectivity index (χ2n) is 7.32. The highest BCUT2D eigenvalue weighted by molar-refractivity contribution is 14.0. The van der Waals surface area contributed by atoms with E-state index >= 15 is 0 Å². The van der Waals surface area contributed by atoms with Crippen LogP contribution in [0.15, 0.2) is 47.5 Å². The largest absolute Gasteiger partial charge is 0.497 e. The number of aromatic nitrogens is 3. The van der Waals surface area contributed by atoms with Gasteiger partial charge < -0.3 is 19.9 Å². The van der Waals surface area contributed by atoms with E-state index in [1.807, 2.05) is 42.8 Å². The Bertz CT molecular complexity index is 1060. The van der Waals surface area contributed by atoms with Crippen LogP contribution in [0.25, 0.3) is 0 Å². The van der Waals surface area contributed by atoms with Crippen molar-refractivity contribution < 1.29 is 13.5 Å². The van der Waals surface area contributed by atoms with Crippen molar-refractivity contribution in [2.24, 2.45) is 12.0 Å². The molecule has 0 aliphatic rings. The lowest BCUT2D eigenvalue weighted by Gasteiger charge is -2.13. The van der Waals surface area contributed by atoms with Crippen LogP contribution in [0.5, 0.6) is 5.75 Å². The van der Waals surface area contributed by atoms with Gasteiger partial charge >= 0.3 is 0 Å². The van der Waals surface area contributed by atoms with Crippen molar-refractivity contribution in [3.8, 4) is 5.75 Å². The molecule has 0 atom stereocenters. The van der Waals surface area contributed by atoms with Crippen LogP contribution in [-0.4, -0.2) is 40.9 Å². The molecule has 2 N–H and O–H groups in total. The molecule has 3 rings (SSSR count). The summed E-state index contributed by atoms with van der Waals surface area (Å²) in [6, 6.07) is 11.3. The molecular weight excluding hydrogens is 541 g/mol. The molecule has 0 spiro atoms. The van der Waals surface area contributed by atoms with Gasteiger partial charge in [0.1, 0.15) is 29.8 Å². The summed E-state index contributed by atoms with van der Waals surface area (Å²) in [4.78, 5) is 4.58. The summed E-state index contributed by atoms with van der Waals surface area (Å²) in [6.07, 6.45) is 1.11. The van der Waals surface area contributed by atoms with Gasteiger partial charge in [-0.15, -0.1) is 34.2 Å². The maximum atomic E-state index is 13.9. The number of halogens is 3. The molecule has 1 aromatic heterocycles. The topological polar surface area (TPSA) is 76.4 Å². The fraction of sp³-hybridized carbons (Fsp3) is 0.348. The number of nitrogens with one attached hydrogen (secondary N) is 2. The maximum Gasteiger partial charge on any atom is 0.191 e. The van der Waals surface area contributed by atoms with E-state index in [0.29, 0.717) is 37.6 Å². The SMILES string of the molecule is COc1ccc(CCNC(=NCc2nnc(C)n2C)NCCc2cc(F)ccc2F)cc1.I. The molecule has 178 valence electrons.